The lowest BCUT2D eigenvalue weighted by Gasteiger charge is -2.24. The summed E-state index contributed by atoms with van der Waals surface area (Å²) >= 11 is 12.2. The summed E-state index contributed by atoms with van der Waals surface area (Å²) in [5.74, 6) is 0.522. The second-order valence-electron chi connectivity index (χ2n) is 8.69. The minimum atomic E-state index is -4.01. The van der Waals surface area contributed by atoms with Crippen molar-refractivity contribution in [2.24, 2.45) is 5.10 Å². The largest absolute Gasteiger partial charge is 0.455 e. The zero-order valence-corrected chi connectivity index (χ0v) is 23.0. The molecule has 0 fully saturated rings. The van der Waals surface area contributed by atoms with E-state index in [1.165, 1.54) is 18.3 Å². The third-order valence-electron chi connectivity index (χ3n) is 5.67. The fourth-order valence-electron chi connectivity index (χ4n) is 3.65. The topological polar surface area (TPSA) is 92.0 Å². The SMILES string of the molecule is CC(C)c1ccc(N(CC(=O)N/N=C\c2ccc(-c3ccc(Cl)cc3Cl)o2)S(=O)(=O)c2ccccc2)cc1. The molecular weight excluding hydrogens is 545 g/mol. The number of benzene rings is 3. The first kappa shape index (κ1) is 27.4. The number of rotatable bonds is 9. The quantitative estimate of drug-likeness (QED) is 0.179. The zero-order valence-electron chi connectivity index (χ0n) is 20.6. The molecule has 38 heavy (non-hydrogen) atoms. The summed E-state index contributed by atoms with van der Waals surface area (Å²) in [5.41, 5.74) is 4.45. The molecule has 4 aromatic rings. The molecule has 7 nitrogen and oxygen atoms in total. The molecule has 0 aliphatic heterocycles. The van der Waals surface area contributed by atoms with Crippen LogP contribution in [-0.2, 0) is 14.8 Å². The Kier molecular flexibility index (Phi) is 8.56. The van der Waals surface area contributed by atoms with Crippen LogP contribution in [0.1, 0.15) is 31.1 Å². The van der Waals surface area contributed by atoms with E-state index in [1.54, 1.807) is 60.7 Å². The normalized spacial score (nSPS) is 11.7. The van der Waals surface area contributed by atoms with E-state index in [9.17, 15) is 13.2 Å². The van der Waals surface area contributed by atoms with E-state index in [-0.39, 0.29) is 10.8 Å². The Balaban J connectivity index is 1.51. The van der Waals surface area contributed by atoms with Gasteiger partial charge in [0.1, 0.15) is 18.1 Å². The van der Waals surface area contributed by atoms with Crippen molar-refractivity contribution in [3.05, 3.63) is 106 Å². The molecule has 0 saturated carbocycles. The van der Waals surface area contributed by atoms with Crippen molar-refractivity contribution >= 4 is 51.0 Å². The van der Waals surface area contributed by atoms with E-state index in [2.05, 4.69) is 10.5 Å². The van der Waals surface area contributed by atoms with Gasteiger partial charge in [0.2, 0.25) is 0 Å². The van der Waals surface area contributed by atoms with Crippen molar-refractivity contribution in [1.29, 1.82) is 0 Å². The van der Waals surface area contributed by atoms with E-state index in [0.717, 1.165) is 9.87 Å². The Hall–Kier alpha value is -3.59. The van der Waals surface area contributed by atoms with Gasteiger partial charge < -0.3 is 4.42 Å². The fourth-order valence-corrected chi connectivity index (χ4v) is 5.59. The molecule has 196 valence electrons. The number of hydrogen-bond donors (Lipinski definition) is 1. The highest BCUT2D eigenvalue weighted by Gasteiger charge is 2.27. The van der Waals surface area contributed by atoms with Gasteiger partial charge in [-0.15, -0.1) is 0 Å². The summed E-state index contributed by atoms with van der Waals surface area (Å²) < 4.78 is 33.7. The molecule has 1 amide bonds. The molecule has 1 aromatic heterocycles. The number of nitrogens with zero attached hydrogens (tertiary/aromatic N) is 2. The molecule has 1 heterocycles. The summed E-state index contributed by atoms with van der Waals surface area (Å²) in [7, 11) is -4.01. The van der Waals surface area contributed by atoms with Crippen LogP contribution in [0, 0.1) is 0 Å². The first-order valence-corrected chi connectivity index (χ1v) is 13.9. The smallest absolute Gasteiger partial charge is 0.264 e. The van der Waals surface area contributed by atoms with Crippen LogP contribution in [0.25, 0.3) is 11.3 Å². The van der Waals surface area contributed by atoms with Crippen LogP contribution in [0.15, 0.2) is 99.3 Å². The number of hydrogen-bond acceptors (Lipinski definition) is 5. The van der Waals surface area contributed by atoms with Crippen molar-refractivity contribution in [1.82, 2.24) is 5.43 Å². The number of sulfonamides is 1. The first-order valence-electron chi connectivity index (χ1n) is 11.7. The molecule has 0 aliphatic carbocycles. The lowest BCUT2D eigenvalue weighted by Crippen LogP contribution is -2.39. The summed E-state index contributed by atoms with van der Waals surface area (Å²) in [6.07, 6.45) is 1.32. The molecular formula is C28H25Cl2N3O4S. The van der Waals surface area contributed by atoms with Gasteiger partial charge in [0, 0.05) is 10.6 Å². The average Bonchev–Trinajstić information content (AvgIpc) is 3.36. The van der Waals surface area contributed by atoms with Crippen molar-refractivity contribution in [3.63, 3.8) is 0 Å². The lowest BCUT2D eigenvalue weighted by molar-refractivity contribution is -0.119. The zero-order chi connectivity index (χ0) is 27.3. The number of amides is 1. The van der Waals surface area contributed by atoms with Gasteiger partial charge in [-0.2, -0.15) is 5.10 Å². The Bertz CT molecular complexity index is 1550. The van der Waals surface area contributed by atoms with Gasteiger partial charge in [0.25, 0.3) is 15.9 Å². The average molecular weight is 570 g/mol. The molecule has 0 spiro atoms. The molecule has 1 N–H and O–H groups in total. The minimum absolute atomic E-state index is 0.0770. The highest BCUT2D eigenvalue weighted by molar-refractivity contribution is 7.92. The maximum absolute atomic E-state index is 13.4. The first-order chi connectivity index (χ1) is 18.1. The molecule has 3 aromatic carbocycles. The second-order valence-corrected chi connectivity index (χ2v) is 11.4. The highest BCUT2D eigenvalue weighted by atomic mass is 35.5. The van der Waals surface area contributed by atoms with Gasteiger partial charge in [0.05, 0.1) is 21.8 Å². The van der Waals surface area contributed by atoms with Crippen LogP contribution >= 0.6 is 23.2 Å². The number of anilines is 1. The van der Waals surface area contributed by atoms with Gasteiger partial charge in [0.15, 0.2) is 0 Å². The number of hydrazone groups is 1. The van der Waals surface area contributed by atoms with Gasteiger partial charge in [-0.1, -0.05) is 67.4 Å². The van der Waals surface area contributed by atoms with E-state index in [1.807, 2.05) is 26.0 Å². The minimum Gasteiger partial charge on any atom is -0.455 e. The Labute approximate surface area is 231 Å². The molecule has 10 heteroatoms. The monoisotopic (exact) mass is 569 g/mol. The number of carbonyl (C=O) groups is 1. The number of halogens is 2. The predicted octanol–water partition coefficient (Wildman–Crippen LogP) is 6.72. The number of furan rings is 1. The summed E-state index contributed by atoms with van der Waals surface area (Å²) in [4.78, 5) is 12.9. The Morgan fingerprint density at radius 1 is 1.00 bits per heavy atom. The molecule has 0 atom stereocenters. The molecule has 0 radical (unpaired) electrons. The van der Waals surface area contributed by atoms with Crippen molar-refractivity contribution in [2.75, 3.05) is 10.8 Å². The van der Waals surface area contributed by atoms with Crippen molar-refractivity contribution in [2.45, 2.75) is 24.7 Å². The van der Waals surface area contributed by atoms with Gasteiger partial charge in [-0.3, -0.25) is 9.10 Å². The summed E-state index contributed by atoms with van der Waals surface area (Å²) in [5, 5.41) is 4.87. The van der Waals surface area contributed by atoms with E-state index < -0.39 is 22.5 Å². The van der Waals surface area contributed by atoms with E-state index in [0.29, 0.717) is 32.8 Å². The van der Waals surface area contributed by atoms with Gasteiger partial charge in [-0.05, 0) is 66.1 Å². The van der Waals surface area contributed by atoms with Gasteiger partial charge >= 0.3 is 0 Å². The molecule has 0 unspecified atom stereocenters. The maximum atomic E-state index is 13.4. The molecule has 0 aliphatic rings. The molecule has 4 rings (SSSR count). The summed E-state index contributed by atoms with van der Waals surface area (Å²) in [6, 6.07) is 23.5. The highest BCUT2D eigenvalue weighted by Crippen LogP contribution is 2.31. The number of nitrogens with one attached hydrogen (secondary N) is 1. The van der Waals surface area contributed by atoms with Crippen LogP contribution in [0.3, 0.4) is 0 Å². The molecule has 0 bridgehead atoms. The number of carbonyl (C=O) groups excluding carboxylic acids is 1. The predicted molar refractivity (Wildman–Crippen MR) is 151 cm³/mol. The molecule has 0 saturated heterocycles. The van der Waals surface area contributed by atoms with Crippen LogP contribution in [0.5, 0.6) is 0 Å². The standard InChI is InChI=1S/C28H25Cl2N3O4S/c1-19(2)20-8-11-22(12-9-20)33(38(35,36)24-6-4-3-5-7-24)18-28(34)32-31-17-23-13-15-27(37-23)25-14-10-21(29)16-26(25)30/h3-17,19H,18H2,1-2H3,(H,32,34)/b31-17-. The Morgan fingerprint density at radius 2 is 1.71 bits per heavy atom. The van der Waals surface area contributed by atoms with Crippen molar-refractivity contribution in [3.8, 4) is 11.3 Å². The van der Waals surface area contributed by atoms with Crippen LogP contribution in [0.4, 0.5) is 5.69 Å². The van der Waals surface area contributed by atoms with Crippen LogP contribution in [0.2, 0.25) is 10.0 Å². The van der Waals surface area contributed by atoms with Crippen molar-refractivity contribution < 1.29 is 17.6 Å². The Morgan fingerprint density at radius 3 is 2.37 bits per heavy atom. The van der Waals surface area contributed by atoms with Crippen LogP contribution in [-0.4, -0.2) is 27.1 Å². The third-order valence-corrected chi connectivity index (χ3v) is 8.01. The maximum Gasteiger partial charge on any atom is 0.264 e. The second kappa shape index (κ2) is 11.9. The third kappa shape index (κ3) is 6.45. The lowest BCUT2D eigenvalue weighted by atomic mass is 10.0. The van der Waals surface area contributed by atoms with Crippen LogP contribution < -0.4 is 9.73 Å². The van der Waals surface area contributed by atoms with E-state index in [4.69, 9.17) is 27.6 Å². The summed E-state index contributed by atoms with van der Waals surface area (Å²) in [6.45, 7) is 3.62. The van der Waals surface area contributed by atoms with Gasteiger partial charge in [-0.25, -0.2) is 13.8 Å². The van der Waals surface area contributed by atoms with E-state index >= 15 is 0 Å². The fraction of sp³-hybridized carbons (Fsp3) is 0.143.